The van der Waals surface area contributed by atoms with Crippen molar-refractivity contribution < 1.29 is 4.79 Å². The molecule has 2 aromatic rings. The minimum atomic E-state index is 0.0257. The van der Waals surface area contributed by atoms with E-state index < -0.39 is 0 Å². The number of carbonyl (C=O) groups excluding carboxylic acids is 1. The molecule has 0 radical (unpaired) electrons. The van der Waals surface area contributed by atoms with Crippen molar-refractivity contribution in [2.45, 2.75) is 20.4 Å². The van der Waals surface area contributed by atoms with Crippen LogP contribution in [0.3, 0.4) is 0 Å². The molecule has 0 fully saturated rings. The van der Waals surface area contributed by atoms with Crippen LogP contribution in [-0.4, -0.2) is 38.9 Å². The number of hydrogen-bond acceptors (Lipinski definition) is 3. The van der Waals surface area contributed by atoms with Crippen molar-refractivity contribution in [3.8, 4) is 0 Å². The summed E-state index contributed by atoms with van der Waals surface area (Å²) in [6, 6.07) is 3.84. The maximum absolute atomic E-state index is 11.9. The average Bonchev–Trinajstić information content (AvgIpc) is 2.65. The summed E-state index contributed by atoms with van der Waals surface area (Å²) in [6.07, 6.45) is 0. The van der Waals surface area contributed by atoms with Crippen molar-refractivity contribution in [3.63, 3.8) is 0 Å². The number of aromatic nitrogens is 3. The summed E-state index contributed by atoms with van der Waals surface area (Å²) in [7, 11) is 1.78. The number of imidazole rings is 1. The second kappa shape index (κ2) is 4.89. The third-order valence-corrected chi connectivity index (χ3v) is 3.27. The van der Waals surface area contributed by atoms with Crippen LogP contribution in [0.25, 0.3) is 11.2 Å². The van der Waals surface area contributed by atoms with Gasteiger partial charge in [-0.1, -0.05) is 0 Å². The largest absolute Gasteiger partial charge is 0.344 e. The number of likely N-dealkylation sites (N-methyl/N-ethyl adjacent to an activating group) is 1. The Labute approximate surface area is 110 Å². The fourth-order valence-electron chi connectivity index (χ4n) is 1.70. The molecule has 0 spiro atoms. The van der Waals surface area contributed by atoms with E-state index in [9.17, 15) is 4.79 Å². The molecule has 0 atom stereocenters. The van der Waals surface area contributed by atoms with Crippen molar-refractivity contribution >= 4 is 29.3 Å². The molecule has 0 aromatic carbocycles. The maximum Gasteiger partial charge on any atom is 0.242 e. The summed E-state index contributed by atoms with van der Waals surface area (Å²) >= 11 is 5.23. The van der Waals surface area contributed by atoms with Crippen LogP contribution in [0.5, 0.6) is 0 Å². The summed E-state index contributed by atoms with van der Waals surface area (Å²) in [5.41, 5.74) is 2.50. The predicted molar refractivity (Wildman–Crippen MR) is 73.0 cm³/mol. The van der Waals surface area contributed by atoms with Crippen LogP contribution < -0.4 is 0 Å². The highest BCUT2D eigenvalue weighted by Gasteiger charge is 2.12. The van der Waals surface area contributed by atoms with Gasteiger partial charge in [0.05, 0.1) is 5.52 Å². The molecule has 5 nitrogen and oxygen atoms in total. The van der Waals surface area contributed by atoms with Gasteiger partial charge in [0.25, 0.3) is 0 Å². The minimum absolute atomic E-state index is 0.0257. The molecular weight excluding hydrogens is 248 g/mol. The van der Waals surface area contributed by atoms with Gasteiger partial charge in [0.1, 0.15) is 6.54 Å². The highest BCUT2D eigenvalue weighted by atomic mass is 32.1. The number of fused-ring (bicyclic) bond motifs is 1. The number of nitrogens with one attached hydrogen (secondary N) is 1. The molecule has 0 aliphatic rings. The smallest absolute Gasteiger partial charge is 0.242 e. The van der Waals surface area contributed by atoms with Gasteiger partial charge in [0.2, 0.25) is 5.91 Å². The summed E-state index contributed by atoms with van der Waals surface area (Å²) in [4.78, 5) is 21.1. The van der Waals surface area contributed by atoms with Gasteiger partial charge in [-0.2, -0.15) is 0 Å². The Kier molecular flexibility index (Phi) is 3.47. The fourth-order valence-corrected chi connectivity index (χ4v) is 1.97. The van der Waals surface area contributed by atoms with Gasteiger partial charge in [-0.3, -0.25) is 9.36 Å². The molecule has 2 rings (SSSR count). The Morgan fingerprint density at radius 3 is 2.94 bits per heavy atom. The van der Waals surface area contributed by atoms with Gasteiger partial charge in [-0.25, -0.2) is 4.98 Å². The van der Waals surface area contributed by atoms with Crippen LogP contribution in [0, 0.1) is 11.7 Å². The number of aromatic amines is 1. The number of nitrogens with zero attached hydrogens (tertiary/aromatic N) is 3. The molecule has 1 N–H and O–H groups in total. The summed E-state index contributed by atoms with van der Waals surface area (Å²) in [6.45, 7) is 4.76. The first-order valence-corrected chi connectivity index (χ1v) is 6.24. The second-order valence-corrected chi connectivity index (χ2v) is 4.63. The van der Waals surface area contributed by atoms with Crippen LogP contribution >= 0.6 is 12.2 Å². The second-order valence-electron chi connectivity index (χ2n) is 4.25. The number of amides is 1. The van der Waals surface area contributed by atoms with Crippen LogP contribution in [0.4, 0.5) is 0 Å². The Morgan fingerprint density at radius 2 is 2.28 bits per heavy atom. The molecule has 96 valence electrons. The van der Waals surface area contributed by atoms with E-state index in [1.54, 1.807) is 16.5 Å². The Hall–Kier alpha value is -1.69. The molecule has 2 heterocycles. The van der Waals surface area contributed by atoms with Crippen LogP contribution in [-0.2, 0) is 11.3 Å². The zero-order chi connectivity index (χ0) is 13.3. The monoisotopic (exact) mass is 264 g/mol. The first-order chi connectivity index (χ1) is 8.52. The van der Waals surface area contributed by atoms with E-state index >= 15 is 0 Å². The molecule has 0 saturated heterocycles. The van der Waals surface area contributed by atoms with Crippen LogP contribution in [0.2, 0.25) is 0 Å². The van der Waals surface area contributed by atoms with Crippen molar-refractivity contribution in [1.29, 1.82) is 0 Å². The number of carbonyl (C=O) groups is 1. The minimum Gasteiger partial charge on any atom is -0.344 e. The van der Waals surface area contributed by atoms with Gasteiger partial charge in [-0.05, 0) is 38.2 Å². The first-order valence-electron chi connectivity index (χ1n) is 5.83. The van der Waals surface area contributed by atoms with Crippen molar-refractivity contribution in [2.24, 2.45) is 0 Å². The Bertz CT molecular complexity index is 643. The third-order valence-electron chi connectivity index (χ3n) is 2.95. The van der Waals surface area contributed by atoms with Gasteiger partial charge >= 0.3 is 0 Å². The van der Waals surface area contributed by atoms with Gasteiger partial charge in [0.15, 0.2) is 10.4 Å². The summed E-state index contributed by atoms with van der Waals surface area (Å²) in [5, 5.41) is 0. The van der Waals surface area contributed by atoms with Gasteiger partial charge < -0.3 is 9.88 Å². The van der Waals surface area contributed by atoms with E-state index in [4.69, 9.17) is 12.2 Å². The van der Waals surface area contributed by atoms with E-state index in [0.717, 1.165) is 16.9 Å². The van der Waals surface area contributed by atoms with E-state index in [0.29, 0.717) is 11.3 Å². The number of pyridine rings is 1. The first kappa shape index (κ1) is 12.8. The third kappa shape index (κ3) is 2.28. The highest BCUT2D eigenvalue weighted by Crippen LogP contribution is 2.12. The number of H-pyrrole nitrogens is 1. The van der Waals surface area contributed by atoms with Crippen LogP contribution in [0.1, 0.15) is 12.6 Å². The Morgan fingerprint density at radius 1 is 1.56 bits per heavy atom. The zero-order valence-electron chi connectivity index (χ0n) is 10.7. The van der Waals surface area contributed by atoms with Crippen molar-refractivity contribution in [2.75, 3.05) is 13.6 Å². The molecule has 18 heavy (non-hydrogen) atoms. The SMILES string of the molecule is CCN(C)C(=O)Cn1c(=S)[nH]c2ccc(C)nc21. The molecule has 0 unspecified atom stereocenters. The molecular formula is C12H16N4OS. The standard InChI is InChI=1S/C12H16N4OS/c1-4-15(3)10(17)7-16-11-9(14-12(16)18)6-5-8(2)13-11/h5-6H,4,7H2,1-3H3,(H,14,18). The molecule has 1 amide bonds. The lowest BCUT2D eigenvalue weighted by atomic mass is 10.3. The number of hydrogen-bond donors (Lipinski definition) is 1. The number of aryl methyl sites for hydroxylation is 1. The zero-order valence-corrected chi connectivity index (χ0v) is 11.5. The van der Waals surface area contributed by atoms with E-state index in [2.05, 4.69) is 9.97 Å². The topological polar surface area (TPSA) is 53.9 Å². The van der Waals surface area contributed by atoms with E-state index in [1.807, 2.05) is 26.0 Å². The lowest BCUT2D eigenvalue weighted by Crippen LogP contribution is -2.30. The average molecular weight is 264 g/mol. The lowest BCUT2D eigenvalue weighted by molar-refractivity contribution is -0.130. The molecule has 0 aliphatic carbocycles. The molecule has 2 aromatic heterocycles. The Balaban J connectivity index is 2.44. The predicted octanol–water partition coefficient (Wildman–Crippen LogP) is 1.88. The quantitative estimate of drug-likeness (QED) is 0.861. The molecule has 0 saturated carbocycles. The van der Waals surface area contributed by atoms with Crippen molar-refractivity contribution in [1.82, 2.24) is 19.4 Å². The maximum atomic E-state index is 11.9. The number of rotatable bonds is 3. The van der Waals surface area contributed by atoms with Gasteiger partial charge in [0, 0.05) is 19.3 Å². The molecule has 6 heteroatoms. The van der Waals surface area contributed by atoms with Gasteiger partial charge in [-0.15, -0.1) is 0 Å². The normalized spacial score (nSPS) is 10.8. The summed E-state index contributed by atoms with van der Waals surface area (Å²) < 4.78 is 2.27. The van der Waals surface area contributed by atoms with E-state index in [1.165, 1.54) is 0 Å². The van der Waals surface area contributed by atoms with E-state index in [-0.39, 0.29) is 12.5 Å². The lowest BCUT2D eigenvalue weighted by Gasteiger charge is -2.14. The van der Waals surface area contributed by atoms with Crippen molar-refractivity contribution in [3.05, 3.63) is 22.6 Å². The fraction of sp³-hybridized carbons (Fsp3) is 0.417. The van der Waals surface area contributed by atoms with Crippen LogP contribution in [0.15, 0.2) is 12.1 Å². The highest BCUT2D eigenvalue weighted by molar-refractivity contribution is 7.71. The summed E-state index contributed by atoms with van der Waals surface area (Å²) in [5.74, 6) is 0.0257. The molecule has 0 aliphatic heterocycles. The molecule has 0 bridgehead atoms.